The number of rotatable bonds is 2. The van der Waals surface area contributed by atoms with Gasteiger partial charge >= 0.3 is 0 Å². The molecule has 1 atom stereocenters. The number of ether oxygens (including phenoxy) is 1. The molecule has 1 spiro atoms. The molecular formula is C12H20BrN3O. The summed E-state index contributed by atoms with van der Waals surface area (Å²) >= 11 is 3.35. The third-order valence-electron chi connectivity index (χ3n) is 3.57. The van der Waals surface area contributed by atoms with E-state index < -0.39 is 0 Å². The van der Waals surface area contributed by atoms with Crippen molar-refractivity contribution in [3.63, 3.8) is 0 Å². The number of hydrogen-bond donors (Lipinski definition) is 1. The summed E-state index contributed by atoms with van der Waals surface area (Å²) in [4.78, 5) is 6.65. The van der Waals surface area contributed by atoms with Crippen molar-refractivity contribution in [2.45, 2.75) is 12.8 Å². The second-order valence-electron chi connectivity index (χ2n) is 4.89. The van der Waals surface area contributed by atoms with Gasteiger partial charge in [-0.2, -0.15) is 0 Å². The van der Waals surface area contributed by atoms with Gasteiger partial charge in [-0.25, -0.2) is 0 Å². The molecule has 4 nitrogen and oxygen atoms in total. The Kier molecular flexibility index (Phi) is 4.09. The molecule has 2 fully saturated rings. The summed E-state index contributed by atoms with van der Waals surface area (Å²) in [6.45, 7) is 8.48. The molecule has 2 saturated heterocycles. The first-order valence-electron chi connectivity index (χ1n) is 6.02. The summed E-state index contributed by atoms with van der Waals surface area (Å²) in [5.74, 6) is 0.967. The van der Waals surface area contributed by atoms with Crippen molar-refractivity contribution in [2.24, 2.45) is 10.4 Å². The first kappa shape index (κ1) is 12.9. The maximum absolute atomic E-state index is 5.53. The highest BCUT2D eigenvalue weighted by Gasteiger charge is 2.42. The Balaban J connectivity index is 1.91. The maximum Gasteiger partial charge on any atom is 0.193 e. The second-order valence-corrected chi connectivity index (χ2v) is 6.01. The molecule has 5 heteroatoms. The van der Waals surface area contributed by atoms with Gasteiger partial charge in [0, 0.05) is 43.2 Å². The van der Waals surface area contributed by atoms with Gasteiger partial charge < -0.3 is 15.0 Å². The van der Waals surface area contributed by atoms with E-state index in [1.54, 1.807) is 0 Å². The van der Waals surface area contributed by atoms with Crippen LogP contribution in [-0.2, 0) is 4.74 Å². The smallest absolute Gasteiger partial charge is 0.193 e. The predicted octanol–water partition coefficient (Wildman–Crippen LogP) is 1.58. The van der Waals surface area contributed by atoms with Gasteiger partial charge in [0.25, 0.3) is 0 Å². The van der Waals surface area contributed by atoms with E-state index in [1.165, 1.54) is 12.8 Å². The average Bonchev–Trinajstić information content (AvgIpc) is 2.91. The van der Waals surface area contributed by atoms with Gasteiger partial charge in [-0.1, -0.05) is 22.5 Å². The van der Waals surface area contributed by atoms with Crippen molar-refractivity contribution < 1.29 is 4.74 Å². The monoisotopic (exact) mass is 301 g/mol. The molecule has 2 aliphatic heterocycles. The molecule has 1 unspecified atom stereocenters. The van der Waals surface area contributed by atoms with Crippen molar-refractivity contribution >= 4 is 21.9 Å². The molecule has 1 N–H and O–H groups in total. The van der Waals surface area contributed by atoms with Crippen LogP contribution in [0.1, 0.15) is 12.8 Å². The second kappa shape index (κ2) is 5.40. The molecule has 96 valence electrons. The summed E-state index contributed by atoms with van der Waals surface area (Å²) in [6.07, 6.45) is 2.40. The maximum atomic E-state index is 5.53. The minimum absolute atomic E-state index is 0.378. The third kappa shape index (κ3) is 3.01. The topological polar surface area (TPSA) is 36.9 Å². The fraction of sp³-hybridized carbons (Fsp3) is 0.750. The van der Waals surface area contributed by atoms with Gasteiger partial charge in [0.2, 0.25) is 0 Å². The van der Waals surface area contributed by atoms with Gasteiger partial charge in [0.15, 0.2) is 5.96 Å². The van der Waals surface area contributed by atoms with E-state index in [-0.39, 0.29) is 0 Å². The fourth-order valence-electron chi connectivity index (χ4n) is 2.59. The molecule has 2 aliphatic rings. The number of hydrogen-bond acceptors (Lipinski definition) is 2. The molecule has 0 aromatic heterocycles. The normalized spacial score (nSPS) is 29.1. The molecule has 0 aliphatic carbocycles. The molecule has 0 aromatic rings. The lowest BCUT2D eigenvalue weighted by Crippen LogP contribution is -2.41. The van der Waals surface area contributed by atoms with Crippen LogP contribution in [0.3, 0.4) is 0 Å². The van der Waals surface area contributed by atoms with Gasteiger partial charge in [0.1, 0.15) is 0 Å². The SMILES string of the molecule is C=C(Br)CNC(=NC)N1CCC2(CCOC2)C1. The number of nitrogens with zero attached hydrogens (tertiary/aromatic N) is 2. The van der Waals surface area contributed by atoms with Crippen molar-refractivity contribution in [3.8, 4) is 0 Å². The summed E-state index contributed by atoms with van der Waals surface area (Å²) in [5, 5.41) is 3.31. The standard InChI is InChI=1S/C12H20BrN3O/c1-10(13)7-15-11(14-2)16-5-3-12(8-16)4-6-17-9-12/h1,3-9H2,2H3,(H,14,15). The van der Waals surface area contributed by atoms with Crippen LogP contribution in [-0.4, -0.2) is 50.8 Å². The van der Waals surface area contributed by atoms with E-state index in [2.05, 4.69) is 37.7 Å². The third-order valence-corrected chi connectivity index (χ3v) is 3.85. The van der Waals surface area contributed by atoms with Gasteiger partial charge in [-0.3, -0.25) is 4.99 Å². The van der Waals surface area contributed by atoms with Crippen LogP contribution >= 0.6 is 15.9 Å². The fourth-order valence-corrected chi connectivity index (χ4v) is 2.73. The summed E-state index contributed by atoms with van der Waals surface area (Å²) in [5.41, 5.74) is 0.378. The predicted molar refractivity (Wildman–Crippen MR) is 73.5 cm³/mol. The molecule has 0 saturated carbocycles. The van der Waals surface area contributed by atoms with E-state index in [0.717, 1.165) is 36.7 Å². The minimum atomic E-state index is 0.378. The zero-order valence-corrected chi connectivity index (χ0v) is 11.9. The quantitative estimate of drug-likeness (QED) is 0.621. The van der Waals surface area contributed by atoms with Crippen LogP contribution < -0.4 is 5.32 Å². The molecule has 2 rings (SSSR count). The highest BCUT2D eigenvalue weighted by atomic mass is 79.9. The van der Waals surface area contributed by atoms with Crippen LogP contribution in [0.2, 0.25) is 0 Å². The highest BCUT2D eigenvalue weighted by molar-refractivity contribution is 9.11. The van der Waals surface area contributed by atoms with Crippen LogP contribution in [0.4, 0.5) is 0 Å². The first-order chi connectivity index (χ1) is 8.15. The zero-order chi connectivity index (χ0) is 12.3. The Labute approximate surface area is 111 Å². The molecule has 0 aromatic carbocycles. The average molecular weight is 302 g/mol. The van der Waals surface area contributed by atoms with E-state index in [1.807, 2.05) is 7.05 Å². The van der Waals surface area contributed by atoms with E-state index >= 15 is 0 Å². The van der Waals surface area contributed by atoms with E-state index in [4.69, 9.17) is 4.74 Å². The molecule has 2 heterocycles. The van der Waals surface area contributed by atoms with Crippen molar-refractivity contribution in [3.05, 3.63) is 11.1 Å². The lowest BCUT2D eigenvalue weighted by molar-refractivity contribution is 0.156. The van der Waals surface area contributed by atoms with Crippen molar-refractivity contribution in [1.82, 2.24) is 10.2 Å². The van der Waals surface area contributed by atoms with E-state index in [0.29, 0.717) is 12.0 Å². The number of nitrogens with one attached hydrogen (secondary N) is 1. The summed E-state index contributed by atoms with van der Waals surface area (Å²) in [7, 11) is 1.83. The Morgan fingerprint density at radius 3 is 3.00 bits per heavy atom. The van der Waals surface area contributed by atoms with Gasteiger partial charge in [-0.05, 0) is 12.8 Å². The highest BCUT2D eigenvalue weighted by Crippen LogP contribution is 2.38. The zero-order valence-electron chi connectivity index (χ0n) is 10.3. The summed E-state index contributed by atoms with van der Waals surface area (Å²) in [6, 6.07) is 0. The van der Waals surface area contributed by atoms with Crippen LogP contribution in [0.25, 0.3) is 0 Å². The largest absolute Gasteiger partial charge is 0.381 e. The summed E-state index contributed by atoms with van der Waals surface area (Å²) < 4.78 is 6.48. The lowest BCUT2D eigenvalue weighted by atomic mass is 9.87. The number of aliphatic imine (C=N–C) groups is 1. The molecule has 17 heavy (non-hydrogen) atoms. The van der Waals surface area contributed by atoms with Crippen LogP contribution in [0.5, 0.6) is 0 Å². The Bertz CT molecular complexity index is 324. The van der Waals surface area contributed by atoms with Crippen LogP contribution in [0.15, 0.2) is 16.1 Å². The molecule has 0 amide bonds. The number of guanidine groups is 1. The van der Waals surface area contributed by atoms with Gasteiger partial charge in [-0.15, -0.1) is 0 Å². The molecular weight excluding hydrogens is 282 g/mol. The van der Waals surface area contributed by atoms with Crippen molar-refractivity contribution in [2.75, 3.05) is 39.9 Å². The van der Waals surface area contributed by atoms with E-state index in [9.17, 15) is 0 Å². The Morgan fingerprint density at radius 1 is 1.59 bits per heavy atom. The first-order valence-corrected chi connectivity index (χ1v) is 6.81. The number of likely N-dealkylation sites (tertiary alicyclic amines) is 1. The molecule has 0 bridgehead atoms. The minimum Gasteiger partial charge on any atom is -0.381 e. The molecule has 0 radical (unpaired) electrons. The Hall–Kier alpha value is -0.550. The van der Waals surface area contributed by atoms with Gasteiger partial charge in [0.05, 0.1) is 6.61 Å². The number of halogens is 1. The Morgan fingerprint density at radius 2 is 2.41 bits per heavy atom. The lowest BCUT2D eigenvalue weighted by Gasteiger charge is -2.24. The van der Waals surface area contributed by atoms with Crippen molar-refractivity contribution in [1.29, 1.82) is 0 Å². The van der Waals surface area contributed by atoms with Crippen LogP contribution in [0, 0.1) is 5.41 Å².